The van der Waals surface area contributed by atoms with Crippen molar-refractivity contribution in [2.24, 2.45) is 5.41 Å². The van der Waals surface area contributed by atoms with E-state index in [0.717, 1.165) is 37.9 Å². The van der Waals surface area contributed by atoms with Crippen LogP contribution in [-0.4, -0.2) is 63.2 Å². The van der Waals surface area contributed by atoms with Gasteiger partial charge in [0.05, 0.1) is 20.1 Å². The molecule has 0 fully saturated rings. The third kappa shape index (κ3) is 10.6. The average Bonchev–Trinajstić information content (AvgIpc) is 3.23. The molecule has 1 aliphatic heterocycles. The van der Waals surface area contributed by atoms with Crippen LogP contribution in [0.15, 0.2) is 97.1 Å². The minimum Gasteiger partial charge on any atom is -0.492 e. The van der Waals surface area contributed by atoms with E-state index in [2.05, 4.69) is 50.4 Å². The quantitative estimate of drug-likeness (QED) is 0.117. The van der Waals surface area contributed by atoms with Crippen molar-refractivity contribution in [3.63, 3.8) is 0 Å². The van der Waals surface area contributed by atoms with E-state index in [9.17, 15) is 9.59 Å². The molecule has 4 aromatic carbocycles. The van der Waals surface area contributed by atoms with Crippen LogP contribution in [0.4, 0.5) is 5.69 Å². The number of nitrogens with one attached hydrogen (secondary N) is 1. The Kier molecular flexibility index (Phi) is 13.8. The summed E-state index contributed by atoms with van der Waals surface area (Å²) in [6, 6.07) is 31.5. The van der Waals surface area contributed by atoms with Gasteiger partial charge in [-0.15, -0.1) is 0 Å². The van der Waals surface area contributed by atoms with Gasteiger partial charge in [-0.3, -0.25) is 9.59 Å². The first-order valence-corrected chi connectivity index (χ1v) is 18.5. The number of halogens is 1. The summed E-state index contributed by atoms with van der Waals surface area (Å²) < 4.78 is 19.1. The minimum absolute atomic E-state index is 0.127. The summed E-state index contributed by atoms with van der Waals surface area (Å²) in [5.41, 5.74) is 4.19. The van der Waals surface area contributed by atoms with Crippen LogP contribution in [0.3, 0.4) is 0 Å². The third-order valence-electron chi connectivity index (χ3n) is 9.00. The maximum atomic E-state index is 14.5. The Bertz CT molecular complexity index is 1760. The van der Waals surface area contributed by atoms with Crippen molar-refractivity contribution >= 4 is 29.1 Å². The van der Waals surface area contributed by atoms with E-state index >= 15 is 0 Å². The van der Waals surface area contributed by atoms with Crippen LogP contribution in [-0.2, 0) is 27.3 Å². The average molecular weight is 726 g/mol. The number of para-hydroxylation sites is 1. The van der Waals surface area contributed by atoms with Crippen molar-refractivity contribution in [1.29, 1.82) is 0 Å². The Morgan fingerprint density at radius 1 is 0.904 bits per heavy atom. The third-order valence-corrected chi connectivity index (χ3v) is 9.23. The normalized spacial score (nSPS) is 15.9. The molecule has 1 N–H and O–H groups in total. The highest BCUT2D eigenvalue weighted by molar-refractivity contribution is 6.30. The largest absolute Gasteiger partial charge is 0.492 e. The molecule has 276 valence electrons. The van der Waals surface area contributed by atoms with Crippen molar-refractivity contribution in [3.8, 4) is 11.5 Å². The number of rotatable bonds is 16. The van der Waals surface area contributed by atoms with Gasteiger partial charge in [-0.05, 0) is 73.2 Å². The first-order valence-electron chi connectivity index (χ1n) is 18.1. The van der Waals surface area contributed by atoms with E-state index in [0.29, 0.717) is 53.0 Å². The lowest BCUT2D eigenvalue weighted by molar-refractivity contribution is -0.142. The second-order valence-corrected chi connectivity index (χ2v) is 15.0. The van der Waals surface area contributed by atoms with E-state index < -0.39 is 12.2 Å². The van der Waals surface area contributed by atoms with Gasteiger partial charge in [-0.1, -0.05) is 105 Å². The summed E-state index contributed by atoms with van der Waals surface area (Å²) in [7, 11) is 3.35. The van der Waals surface area contributed by atoms with Crippen LogP contribution >= 0.6 is 11.6 Å². The molecular weight excluding hydrogens is 674 g/mol. The number of fused-ring (bicyclic) bond motifs is 1. The van der Waals surface area contributed by atoms with Crippen molar-refractivity contribution in [2.45, 2.75) is 65.2 Å². The summed E-state index contributed by atoms with van der Waals surface area (Å²) in [6.07, 6.45) is 0.965. The van der Waals surface area contributed by atoms with Crippen molar-refractivity contribution in [3.05, 3.63) is 124 Å². The summed E-state index contributed by atoms with van der Waals surface area (Å²) in [5.74, 6) is 0.620. The molecule has 1 aliphatic rings. The first kappa shape index (κ1) is 38.9. The number of hydrogen-bond donors (Lipinski definition) is 1. The number of ether oxygens (including phenoxy) is 3. The Hall–Kier alpha value is -4.37. The summed E-state index contributed by atoms with van der Waals surface area (Å²) >= 11 is 6.62. The smallest absolute Gasteiger partial charge is 0.256 e. The molecule has 9 heteroatoms. The van der Waals surface area contributed by atoms with Crippen LogP contribution in [0.1, 0.15) is 68.4 Å². The van der Waals surface area contributed by atoms with Gasteiger partial charge in [-0.2, -0.15) is 0 Å². The molecule has 0 spiro atoms. The number of nitrogens with zero attached hydrogens (tertiary/aromatic N) is 2. The number of carbonyl (C=O) groups excluding carboxylic acids is 2. The molecule has 0 aromatic heterocycles. The predicted molar refractivity (Wildman–Crippen MR) is 208 cm³/mol. The molecule has 0 radical (unpaired) electrons. The number of hydrogen-bond acceptors (Lipinski definition) is 6. The maximum absolute atomic E-state index is 14.5. The van der Waals surface area contributed by atoms with Crippen molar-refractivity contribution in [2.75, 3.05) is 45.3 Å². The van der Waals surface area contributed by atoms with E-state index in [4.69, 9.17) is 25.8 Å². The molecule has 2 amide bonds. The van der Waals surface area contributed by atoms with Crippen molar-refractivity contribution < 1.29 is 23.8 Å². The molecule has 0 bridgehead atoms. The van der Waals surface area contributed by atoms with E-state index in [1.807, 2.05) is 66.7 Å². The van der Waals surface area contributed by atoms with Gasteiger partial charge in [-0.25, -0.2) is 0 Å². The molecule has 0 aliphatic carbocycles. The van der Waals surface area contributed by atoms with E-state index in [-0.39, 0.29) is 23.7 Å². The SMILES string of the molecule is COc1c(OCCCNCCCc2ccccc2)cccc1[C@@H]1O[C@@H](CC(=O)N(C)Cc2ccccc2)C(=O)N(CC(C)(C)C)c2ccc(Cl)cc21. The van der Waals surface area contributed by atoms with E-state index in [1.165, 1.54) is 5.56 Å². The fourth-order valence-electron chi connectivity index (χ4n) is 6.48. The monoisotopic (exact) mass is 725 g/mol. The molecule has 0 saturated heterocycles. The minimum atomic E-state index is -1.06. The number of aryl methyl sites for hydroxylation is 1. The Morgan fingerprint density at radius 2 is 1.60 bits per heavy atom. The van der Waals surface area contributed by atoms with Gasteiger partial charge < -0.3 is 29.3 Å². The van der Waals surface area contributed by atoms with Gasteiger partial charge in [0.15, 0.2) is 11.5 Å². The highest BCUT2D eigenvalue weighted by Crippen LogP contribution is 2.45. The van der Waals surface area contributed by atoms with Gasteiger partial charge in [0.2, 0.25) is 5.91 Å². The summed E-state index contributed by atoms with van der Waals surface area (Å²) in [5, 5.41) is 4.02. The van der Waals surface area contributed by atoms with Crippen LogP contribution < -0.4 is 19.7 Å². The van der Waals surface area contributed by atoms with E-state index in [1.54, 1.807) is 30.0 Å². The summed E-state index contributed by atoms with van der Waals surface area (Å²) in [6.45, 7) is 9.33. The van der Waals surface area contributed by atoms with Crippen LogP contribution in [0.5, 0.6) is 11.5 Å². The van der Waals surface area contributed by atoms with Gasteiger partial charge in [0.25, 0.3) is 5.91 Å². The standard InChI is InChI=1S/C43H52ClN3O5/c1-43(2,3)30-47-36-23-22-33(44)27-35(36)40(52-38(42(47)49)28-39(48)46(4)29-32-17-10-7-11-18-32)34-20-12-21-37(41(34)50-5)51-26-14-25-45-24-13-19-31-15-8-6-9-16-31/h6-12,15-18,20-23,27,38,40,45H,13-14,19,24-26,28-30H2,1-5H3/t38-,40-/m0/s1. The van der Waals surface area contributed by atoms with Gasteiger partial charge in [0.1, 0.15) is 12.2 Å². The topological polar surface area (TPSA) is 80.3 Å². The molecular formula is C43H52ClN3O5. The number of benzene rings is 4. The number of methoxy groups -OCH3 is 1. The molecule has 0 unspecified atom stereocenters. The Balaban J connectivity index is 1.36. The van der Waals surface area contributed by atoms with Gasteiger partial charge in [0, 0.05) is 42.0 Å². The zero-order valence-corrected chi connectivity index (χ0v) is 31.8. The lowest BCUT2D eigenvalue weighted by Crippen LogP contribution is -2.45. The molecule has 4 aromatic rings. The number of carbonyl (C=O) groups is 2. The Morgan fingerprint density at radius 3 is 2.29 bits per heavy atom. The molecule has 52 heavy (non-hydrogen) atoms. The lowest BCUT2D eigenvalue weighted by atomic mass is 9.94. The zero-order valence-electron chi connectivity index (χ0n) is 31.1. The lowest BCUT2D eigenvalue weighted by Gasteiger charge is -2.31. The summed E-state index contributed by atoms with van der Waals surface area (Å²) in [4.78, 5) is 31.6. The second-order valence-electron chi connectivity index (χ2n) is 14.6. The van der Waals surface area contributed by atoms with Crippen LogP contribution in [0.2, 0.25) is 5.02 Å². The zero-order chi connectivity index (χ0) is 37.1. The molecule has 5 rings (SSSR count). The fourth-order valence-corrected chi connectivity index (χ4v) is 6.66. The first-order chi connectivity index (χ1) is 25.0. The van der Waals surface area contributed by atoms with Gasteiger partial charge >= 0.3 is 0 Å². The Labute approximate surface area is 314 Å². The molecule has 8 nitrogen and oxygen atoms in total. The van der Waals surface area contributed by atoms with Crippen LogP contribution in [0, 0.1) is 5.41 Å². The predicted octanol–water partition coefficient (Wildman–Crippen LogP) is 8.26. The van der Waals surface area contributed by atoms with Crippen LogP contribution in [0.25, 0.3) is 0 Å². The maximum Gasteiger partial charge on any atom is 0.256 e. The molecule has 0 saturated carbocycles. The second kappa shape index (κ2) is 18.4. The fraction of sp³-hybridized carbons (Fsp3) is 0.395. The number of amides is 2. The highest BCUT2D eigenvalue weighted by atomic mass is 35.5. The number of anilines is 1. The molecule has 1 heterocycles. The van der Waals surface area contributed by atoms with Crippen molar-refractivity contribution in [1.82, 2.24) is 10.2 Å². The molecule has 2 atom stereocenters. The highest BCUT2D eigenvalue weighted by Gasteiger charge is 2.40.